The monoisotopic (exact) mass is 457 g/mol. The lowest BCUT2D eigenvalue weighted by Crippen LogP contribution is -2.20. The summed E-state index contributed by atoms with van der Waals surface area (Å²) >= 11 is 12.5. The smallest absolute Gasteiger partial charge is 0.269 e. The van der Waals surface area contributed by atoms with Gasteiger partial charge in [-0.2, -0.15) is 0 Å². The van der Waals surface area contributed by atoms with Crippen LogP contribution in [0.5, 0.6) is 5.75 Å². The van der Waals surface area contributed by atoms with Gasteiger partial charge < -0.3 is 10.1 Å². The molecule has 0 aliphatic carbocycles. The number of benzene rings is 3. The van der Waals surface area contributed by atoms with Crippen molar-refractivity contribution < 1.29 is 14.5 Å². The summed E-state index contributed by atoms with van der Waals surface area (Å²) in [6, 6.07) is 16.4. The first-order valence-electron chi connectivity index (χ1n) is 9.09. The maximum atomic E-state index is 12.1. The van der Waals surface area contributed by atoms with Crippen LogP contribution in [0.25, 0.3) is 0 Å². The van der Waals surface area contributed by atoms with E-state index in [-0.39, 0.29) is 34.0 Å². The zero-order chi connectivity index (χ0) is 22.4. The second kappa shape index (κ2) is 10.1. The maximum absolute atomic E-state index is 12.1. The number of non-ortho nitro benzene ring substituents is 1. The molecule has 0 saturated heterocycles. The van der Waals surface area contributed by atoms with Crippen molar-refractivity contribution in [1.29, 1.82) is 0 Å². The largest absolute Gasteiger partial charge is 0.481 e. The van der Waals surface area contributed by atoms with Crippen molar-refractivity contribution in [2.24, 2.45) is 4.99 Å². The molecule has 0 atom stereocenters. The molecule has 0 aliphatic rings. The van der Waals surface area contributed by atoms with Gasteiger partial charge in [-0.1, -0.05) is 40.9 Å². The van der Waals surface area contributed by atoms with Gasteiger partial charge >= 0.3 is 0 Å². The number of halogens is 2. The van der Waals surface area contributed by atoms with Crippen molar-refractivity contribution >= 4 is 52.4 Å². The Bertz CT molecular complexity index is 1110. The molecular weight excluding hydrogens is 441 g/mol. The highest BCUT2D eigenvalue weighted by atomic mass is 35.5. The molecule has 158 valence electrons. The van der Waals surface area contributed by atoms with Gasteiger partial charge in [0.1, 0.15) is 0 Å². The second-order valence-electron chi connectivity index (χ2n) is 6.55. The summed E-state index contributed by atoms with van der Waals surface area (Å²) in [6.07, 6.45) is 1.52. The average Bonchev–Trinajstić information content (AvgIpc) is 2.73. The Kier molecular flexibility index (Phi) is 7.23. The number of carbonyl (C=O) groups excluding carboxylic acids is 1. The molecule has 9 heteroatoms. The van der Waals surface area contributed by atoms with Gasteiger partial charge in [0.05, 0.1) is 20.7 Å². The fourth-order valence-electron chi connectivity index (χ4n) is 2.57. The minimum atomic E-state index is -0.479. The van der Waals surface area contributed by atoms with E-state index in [1.54, 1.807) is 24.3 Å². The Hall–Kier alpha value is -3.42. The minimum absolute atomic E-state index is 0.0158. The van der Waals surface area contributed by atoms with Gasteiger partial charge in [0.15, 0.2) is 12.4 Å². The van der Waals surface area contributed by atoms with E-state index in [0.717, 1.165) is 5.56 Å². The molecule has 0 saturated carbocycles. The van der Waals surface area contributed by atoms with Crippen LogP contribution in [0.4, 0.5) is 17.1 Å². The zero-order valence-electron chi connectivity index (χ0n) is 16.3. The Morgan fingerprint density at radius 3 is 2.29 bits per heavy atom. The number of hydrogen-bond acceptors (Lipinski definition) is 5. The highest BCUT2D eigenvalue weighted by molar-refractivity contribution is 6.37. The van der Waals surface area contributed by atoms with E-state index >= 15 is 0 Å². The SMILES string of the molecule is Cc1ccc(NC(=O)COc2c(Cl)cc(C=Nc3ccc([N+](=O)[O-])cc3)cc2Cl)cc1. The molecule has 3 rings (SSSR count). The Morgan fingerprint density at radius 2 is 1.71 bits per heavy atom. The third-order valence-corrected chi connectivity index (χ3v) is 4.69. The van der Waals surface area contributed by atoms with E-state index < -0.39 is 4.92 Å². The first kappa shape index (κ1) is 22.3. The van der Waals surface area contributed by atoms with Crippen molar-refractivity contribution in [3.05, 3.63) is 92.0 Å². The standard InChI is InChI=1S/C22H17Cl2N3O4/c1-14-2-4-17(5-3-14)26-21(28)13-31-22-19(23)10-15(11-20(22)24)12-25-16-6-8-18(9-7-16)27(29)30/h2-12H,13H2,1H3,(H,26,28). The third kappa shape index (κ3) is 6.28. The van der Waals surface area contributed by atoms with Gasteiger partial charge in [0, 0.05) is 24.0 Å². The fourth-order valence-corrected chi connectivity index (χ4v) is 3.19. The fraction of sp³-hybridized carbons (Fsp3) is 0.0909. The molecular formula is C22H17Cl2N3O4. The van der Waals surface area contributed by atoms with Crippen LogP contribution in [-0.2, 0) is 4.79 Å². The summed E-state index contributed by atoms with van der Waals surface area (Å²) in [5.41, 5.74) is 2.87. The van der Waals surface area contributed by atoms with Crippen LogP contribution in [0.1, 0.15) is 11.1 Å². The molecule has 31 heavy (non-hydrogen) atoms. The maximum Gasteiger partial charge on any atom is 0.269 e. The summed E-state index contributed by atoms with van der Waals surface area (Å²) in [5, 5.41) is 13.9. The van der Waals surface area contributed by atoms with E-state index in [2.05, 4.69) is 10.3 Å². The quantitative estimate of drug-likeness (QED) is 0.268. The summed E-state index contributed by atoms with van der Waals surface area (Å²) in [7, 11) is 0. The lowest BCUT2D eigenvalue weighted by molar-refractivity contribution is -0.384. The Balaban J connectivity index is 1.63. The van der Waals surface area contributed by atoms with Gasteiger partial charge in [0.25, 0.3) is 11.6 Å². The average molecular weight is 458 g/mol. The second-order valence-corrected chi connectivity index (χ2v) is 7.36. The lowest BCUT2D eigenvalue weighted by Gasteiger charge is -2.11. The summed E-state index contributed by atoms with van der Waals surface area (Å²) in [6.45, 7) is 1.70. The van der Waals surface area contributed by atoms with Crippen LogP contribution in [0.3, 0.4) is 0 Å². The summed E-state index contributed by atoms with van der Waals surface area (Å²) in [4.78, 5) is 26.6. The molecule has 0 aliphatic heterocycles. The number of nitro groups is 1. The molecule has 0 spiro atoms. The predicted octanol–water partition coefficient (Wildman–Crippen LogP) is 5.98. The molecule has 0 fully saturated rings. The number of hydrogen-bond donors (Lipinski definition) is 1. The van der Waals surface area contributed by atoms with Crippen molar-refractivity contribution in [1.82, 2.24) is 0 Å². The molecule has 0 radical (unpaired) electrons. The number of amides is 1. The van der Waals surface area contributed by atoms with E-state index in [1.807, 2.05) is 19.1 Å². The summed E-state index contributed by atoms with van der Waals surface area (Å²) < 4.78 is 5.49. The molecule has 7 nitrogen and oxygen atoms in total. The van der Waals surface area contributed by atoms with Gasteiger partial charge in [0.2, 0.25) is 0 Å². The molecule has 1 amide bonds. The number of nitro benzene ring substituents is 1. The number of anilines is 1. The number of carbonyl (C=O) groups is 1. The Labute approximate surface area is 188 Å². The minimum Gasteiger partial charge on any atom is -0.481 e. The lowest BCUT2D eigenvalue weighted by atomic mass is 10.2. The van der Waals surface area contributed by atoms with Crippen LogP contribution < -0.4 is 10.1 Å². The van der Waals surface area contributed by atoms with Crippen molar-refractivity contribution in [2.75, 3.05) is 11.9 Å². The predicted molar refractivity (Wildman–Crippen MR) is 122 cm³/mol. The van der Waals surface area contributed by atoms with Gasteiger partial charge in [-0.3, -0.25) is 19.9 Å². The van der Waals surface area contributed by atoms with Crippen LogP contribution in [-0.4, -0.2) is 23.7 Å². The van der Waals surface area contributed by atoms with Crippen LogP contribution in [0.2, 0.25) is 10.0 Å². The first-order valence-corrected chi connectivity index (χ1v) is 9.84. The molecule has 0 unspecified atom stereocenters. The van der Waals surface area contributed by atoms with Gasteiger partial charge in [-0.05, 0) is 48.9 Å². The van der Waals surface area contributed by atoms with Gasteiger partial charge in [-0.25, -0.2) is 0 Å². The van der Waals surface area contributed by atoms with Crippen molar-refractivity contribution in [3.63, 3.8) is 0 Å². The topological polar surface area (TPSA) is 93.8 Å². The van der Waals surface area contributed by atoms with E-state index in [1.165, 1.54) is 30.5 Å². The number of aryl methyl sites for hydroxylation is 1. The molecule has 3 aromatic carbocycles. The molecule has 0 bridgehead atoms. The number of nitrogens with one attached hydrogen (secondary N) is 1. The number of ether oxygens (including phenoxy) is 1. The summed E-state index contributed by atoms with van der Waals surface area (Å²) in [5.74, 6) is -0.158. The molecule has 0 heterocycles. The van der Waals surface area contributed by atoms with E-state index in [0.29, 0.717) is 16.9 Å². The highest BCUT2D eigenvalue weighted by Gasteiger charge is 2.12. The van der Waals surface area contributed by atoms with Crippen molar-refractivity contribution in [2.45, 2.75) is 6.92 Å². The first-order chi connectivity index (χ1) is 14.8. The van der Waals surface area contributed by atoms with Crippen molar-refractivity contribution in [3.8, 4) is 5.75 Å². The Morgan fingerprint density at radius 1 is 1.10 bits per heavy atom. The number of rotatable bonds is 7. The van der Waals surface area contributed by atoms with E-state index in [9.17, 15) is 14.9 Å². The van der Waals surface area contributed by atoms with Crippen LogP contribution >= 0.6 is 23.2 Å². The highest BCUT2D eigenvalue weighted by Crippen LogP contribution is 2.34. The van der Waals surface area contributed by atoms with Crippen LogP contribution in [0.15, 0.2) is 65.7 Å². The van der Waals surface area contributed by atoms with Gasteiger partial charge in [-0.15, -0.1) is 0 Å². The third-order valence-electron chi connectivity index (χ3n) is 4.13. The molecule has 0 aromatic heterocycles. The molecule has 3 aromatic rings. The normalized spacial score (nSPS) is 10.8. The number of aliphatic imine (C=N–C) groups is 1. The van der Waals surface area contributed by atoms with Crippen LogP contribution in [0, 0.1) is 17.0 Å². The molecule has 1 N–H and O–H groups in total. The zero-order valence-corrected chi connectivity index (χ0v) is 17.9. The van der Waals surface area contributed by atoms with E-state index in [4.69, 9.17) is 27.9 Å². The number of nitrogens with zero attached hydrogens (tertiary/aromatic N) is 2.